The summed E-state index contributed by atoms with van der Waals surface area (Å²) in [7, 11) is 1.48. The van der Waals surface area contributed by atoms with Crippen molar-refractivity contribution in [2.75, 3.05) is 13.7 Å². The van der Waals surface area contributed by atoms with Crippen molar-refractivity contribution in [2.24, 2.45) is 11.7 Å². The highest BCUT2D eigenvalue weighted by atomic mass is 19.1. The van der Waals surface area contributed by atoms with Crippen LogP contribution in [0.25, 0.3) is 0 Å². The topological polar surface area (TPSA) is 55.5 Å². The number of hydrogen-bond acceptors (Lipinski definition) is 3. The predicted octanol–water partition coefficient (Wildman–Crippen LogP) is 2.24. The third kappa shape index (κ3) is 3.41. The summed E-state index contributed by atoms with van der Waals surface area (Å²) in [5.41, 5.74) is 5.88. The van der Waals surface area contributed by atoms with Crippen LogP contribution >= 0.6 is 0 Å². The minimum atomic E-state index is -0.856. The van der Waals surface area contributed by atoms with E-state index < -0.39 is 11.9 Å². The van der Waals surface area contributed by atoms with E-state index in [2.05, 4.69) is 0 Å². The first kappa shape index (κ1) is 13.9. The molecule has 0 heterocycles. The Kier molecular flexibility index (Phi) is 5.38. The number of benzene rings is 1. The van der Waals surface area contributed by atoms with Gasteiger partial charge < -0.3 is 15.6 Å². The van der Waals surface area contributed by atoms with Crippen molar-refractivity contribution in [3.8, 4) is 5.75 Å². The molecule has 17 heavy (non-hydrogen) atoms. The lowest BCUT2D eigenvalue weighted by molar-refractivity contribution is 0.103. The molecule has 2 atom stereocenters. The molecule has 0 saturated heterocycles. The normalized spacial score (nSPS) is 14.4. The van der Waals surface area contributed by atoms with Crippen molar-refractivity contribution >= 4 is 0 Å². The van der Waals surface area contributed by atoms with E-state index in [0.29, 0.717) is 12.3 Å². The molecule has 1 aromatic carbocycles. The second-order valence-electron chi connectivity index (χ2n) is 4.12. The standard InChI is InChI=1S/C13H20FNO2/c1-3-4-9(8-15)13(16)11-6-5-10(17-2)7-12(11)14/h5-7,9,13,16H,3-4,8,15H2,1-2H3. The second-order valence-corrected chi connectivity index (χ2v) is 4.12. The molecule has 0 spiro atoms. The van der Waals surface area contributed by atoms with Crippen LogP contribution in [0.4, 0.5) is 4.39 Å². The van der Waals surface area contributed by atoms with E-state index >= 15 is 0 Å². The Balaban J connectivity index is 2.90. The van der Waals surface area contributed by atoms with Gasteiger partial charge in [0, 0.05) is 17.5 Å². The number of halogens is 1. The minimum Gasteiger partial charge on any atom is -0.497 e. The quantitative estimate of drug-likeness (QED) is 0.803. The first-order valence-electron chi connectivity index (χ1n) is 5.85. The first-order valence-corrected chi connectivity index (χ1v) is 5.85. The lowest BCUT2D eigenvalue weighted by Gasteiger charge is -2.21. The van der Waals surface area contributed by atoms with E-state index in [0.717, 1.165) is 12.8 Å². The average Bonchev–Trinajstić information content (AvgIpc) is 2.35. The zero-order valence-electron chi connectivity index (χ0n) is 10.3. The Morgan fingerprint density at radius 1 is 1.47 bits per heavy atom. The summed E-state index contributed by atoms with van der Waals surface area (Å²) in [5.74, 6) is -0.118. The van der Waals surface area contributed by atoms with Gasteiger partial charge >= 0.3 is 0 Å². The Morgan fingerprint density at radius 2 is 2.18 bits per heavy atom. The van der Waals surface area contributed by atoms with Gasteiger partial charge in [-0.2, -0.15) is 0 Å². The maximum Gasteiger partial charge on any atom is 0.132 e. The van der Waals surface area contributed by atoms with E-state index in [-0.39, 0.29) is 11.5 Å². The van der Waals surface area contributed by atoms with Crippen molar-refractivity contribution < 1.29 is 14.2 Å². The monoisotopic (exact) mass is 241 g/mol. The van der Waals surface area contributed by atoms with Gasteiger partial charge in [-0.1, -0.05) is 13.3 Å². The molecule has 0 fully saturated rings. The van der Waals surface area contributed by atoms with Gasteiger partial charge in [-0.05, 0) is 25.1 Å². The maximum atomic E-state index is 13.7. The van der Waals surface area contributed by atoms with Crippen LogP contribution in [0, 0.1) is 11.7 Å². The molecule has 1 rings (SSSR count). The van der Waals surface area contributed by atoms with Gasteiger partial charge in [0.2, 0.25) is 0 Å². The molecular weight excluding hydrogens is 221 g/mol. The van der Waals surface area contributed by atoms with Gasteiger partial charge in [0.15, 0.2) is 0 Å². The van der Waals surface area contributed by atoms with Crippen molar-refractivity contribution in [3.05, 3.63) is 29.6 Å². The fraction of sp³-hybridized carbons (Fsp3) is 0.538. The molecule has 96 valence electrons. The van der Waals surface area contributed by atoms with Crippen LogP contribution in [0.5, 0.6) is 5.75 Å². The van der Waals surface area contributed by atoms with Crippen LogP contribution in [0.2, 0.25) is 0 Å². The molecule has 0 aromatic heterocycles. The largest absolute Gasteiger partial charge is 0.497 e. The zero-order valence-corrected chi connectivity index (χ0v) is 10.3. The van der Waals surface area contributed by atoms with Crippen LogP contribution in [-0.4, -0.2) is 18.8 Å². The lowest BCUT2D eigenvalue weighted by atomic mass is 9.91. The van der Waals surface area contributed by atoms with Crippen LogP contribution in [-0.2, 0) is 0 Å². The predicted molar refractivity (Wildman–Crippen MR) is 65.4 cm³/mol. The van der Waals surface area contributed by atoms with Gasteiger partial charge in [-0.3, -0.25) is 0 Å². The number of methoxy groups -OCH3 is 1. The van der Waals surface area contributed by atoms with Crippen LogP contribution in [0.1, 0.15) is 31.4 Å². The van der Waals surface area contributed by atoms with Crippen molar-refractivity contribution in [3.63, 3.8) is 0 Å². The average molecular weight is 241 g/mol. The molecule has 3 N–H and O–H groups in total. The van der Waals surface area contributed by atoms with Gasteiger partial charge in [0.05, 0.1) is 13.2 Å². The van der Waals surface area contributed by atoms with Gasteiger partial charge in [-0.25, -0.2) is 4.39 Å². The van der Waals surface area contributed by atoms with Crippen molar-refractivity contribution in [1.29, 1.82) is 0 Å². The fourth-order valence-electron chi connectivity index (χ4n) is 1.90. The van der Waals surface area contributed by atoms with Crippen LogP contribution in [0.15, 0.2) is 18.2 Å². The van der Waals surface area contributed by atoms with E-state index in [1.165, 1.54) is 13.2 Å². The number of ether oxygens (including phenoxy) is 1. The number of aliphatic hydroxyl groups is 1. The summed E-state index contributed by atoms with van der Waals surface area (Å²) in [4.78, 5) is 0. The number of rotatable bonds is 6. The third-order valence-electron chi connectivity index (χ3n) is 2.93. The minimum absolute atomic E-state index is 0.108. The molecule has 1 aromatic rings. The number of hydrogen-bond donors (Lipinski definition) is 2. The summed E-state index contributed by atoms with van der Waals surface area (Å²) in [6.45, 7) is 2.36. The fourth-order valence-corrected chi connectivity index (χ4v) is 1.90. The Bertz CT molecular complexity index is 357. The number of aliphatic hydroxyl groups excluding tert-OH is 1. The molecule has 2 unspecified atom stereocenters. The zero-order chi connectivity index (χ0) is 12.8. The highest BCUT2D eigenvalue weighted by Crippen LogP contribution is 2.28. The molecular formula is C13H20FNO2. The summed E-state index contributed by atoms with van der Waals surface area (Å²) in [5, 5.41) is 10.1. The smallest absolute Gasteiger partial charge is 0.132 e. The molecule has 0 bridgehead atoms. The van der Waals surface area contributed by atoms with Gasteiger partial charge in [-0.15, -0.1) is 0 Å². The Labute approximate surface area is 101 Å². The molecule has 0 aliphatic heterocycles. The van der Waals surface area contributed by atoms with E-state index in [1.807, 2.05) is 6.92 Å². The van der Waals surface area contributed by atoms with Gasteiger partial charge in [0.25, 0.3) is 0 Å². The summed E-state index contributed by atoms with van der Waals surface area (Å²) < 4.78 is 18.7. The van der Waals surface area contributed by atoms with E-state index in [1.54, 1.807) is 12.1 Å². The lowest BCUT2D eigenvalue weighted by Crippen LogP contribution is -2.22. The summed E-state index contributed by atoms with van der Waals surface area (Å²) in [6.07, 6.45) is 0.839. The van der Waals surface area contributed by atoms with E-state index in [4.69, 9.17) is 10.5 Å². The van der Waals surface area contributed by atoms with Crippen LogP contribution in [0.3, 0.4) is 0 Å². The molecule has 3 nitrogen and oxygen atoms in total. The highest BCUT2D eigenvalue weighted by Gasteiger charge is 2.21. The first-order chi connectivity index (χ1) is 8.13. The summed E-state index contributed by atoms with van der Waals surface area (Å²) >= 11 is 0. The van der Waals surface area contributed by atoms with Crippen molar-refractivity contribution in [1.82, 2.24) is 0 Å². The van der Waals surface area contributed by atoms with Crippen molar-refractivity contribution in [2.45, 2.75) is 25.9 Å². The second kappa shape index (κ2) is 6.57. The van der Waals surface area contributed by atoms with Gasteiger partial charge in [0.1, 0.15) is 11.6 Å². The summed E-state index contributed by atoms with van der Waals surface area (Å²) in [6, 6.07) is 4.47. The molecule has 0 aliphatic carbocycles. The molecule has 4 heteroatoms. The Morgan fingerprint density at radius 3 is 2.65 bits per heavy atom. The SMILES string of the molecule is CCCC(CN)C(O)c1ccc(OC)cc1F. The maximum absolute atomic E-state index is 13.7. The van der Waals surface area contributed by atoms with E-state index in [9.17, 15) is 9.50 Å². The highest BCUT2D eigenvalue weighted by molar-refractivity contribution is 5.30. The molecule has 0 radical (unpaired) electrons. The number of nitrogens with two attached hydrogens (primary N) is 1. The third-order valence-corrected chi connectivity index (χ3v) is 2.93. The molecule has 0 amide bonds. The Hall–Kier alpha value is -1.13. The van der Waals surface area contributed by atoms with Crippen LogP contribution < -0.4 is 10.5 Å². The molecule has 0 saturated carbocycles. The molecule has 0 aliphatic rings.